The van der Waals surface area contributed by atoms with Crippen molar-refractivity contribution in [2.75, 3.05) is 0 Å². The summed E-state index contributed by atoms with van der Waals surface area (Å²) in [5.74, 6) is 0. The lowest BCUT2D eigenvalue weighted by Crippen LogP contribution is -1.75. The molecule has 0 bridgehead atoms. The molecule has 1 N–H and O–H groups in total. The summed E-state index contributed by atoms with van der Waals surface area (Å²) in [7, 11) is 0. The molecule has 1 aromatic carbocycles. The molecule has 2 heteroatoms. The lowest BCUT2D eigenvalue weighted by atomic mass is 10.1. The van der Waals surface area contributed by atoms with Gasteiger partial charge in [0.05, 0.1) is 12.5 Å². The second-order valence-corrected chi connectivity index (χ2v) is 2.62. The van der Waals surface area contributed by atoms with E-state index in [1.165, 1.54) is 0 Å². The van der Waals surface area contributed by atoms with Crippen LogP contribution in [-0.4, -0.2) is 4.98 Å². The van der Waals surface area contributed by atoms with E-state index in [2.05, 4.69) is 17.1 Å². The number of fused-ring (bicyclic) bond motifs is 1. The summed E-state index contributed by atoms with van der Waals surface area (Å²) in [6, 6.07) is 10.8. The predicted octanol–water partition coefficient (Wildman–Crippen LogP) is 2.03. The van der Waals surface area contributed by atoms with E-state index in [4.69, 9.17) is 5.26 Å². The van der Waals surface area contributed by atoms with E-state index in [9.17, 15) is 0 Å². The van der Waals surface area contributed by atoms with E-state index in [1.54, 1.807) is 0 Å². The predicted molar refractivity (Wildman–Crippen MR) is 46.5 cm³/mol. The molecule has 0 atom stereocenters. The fraction of sp³-hybridized carbons (Fsp3) is 0.100. The third kappa shape index (κ3) is 0.960. The maximum Gasteiger partial charge on any atom is 0.0670 e. The zero-order chi connectivity index (χ0) is 8.39. The van der Waals surface area contributed by atoms with Crippen LogP contribution in [0.3, 0.4) is 0 Å². The van der Waals surface area contributed by atoms with Crippen molar-refractivity contribution < 1.29 is 0 Å². The largest absolute Gasteiger partial charge is 0.361 e. The Hall–Kier alpha value is -1.75. The van der Waals surface area contributed by atoms with Crippen LogP contribution in [0.5, 0.6) is 0 Å². The number of hydrogen-bond donors (Lipinski definition) is 1. The fourth-order valence-electron chi connectivity index (χ4n) is 1.30. The second-order valence-electron chi connectivity index (χ2n) is 2.62. The van der Waals surface area contributed by atoms with Gasteiger partial charge in [0.25, 0.3) is 0 Å². The summed E-state index contributed by atoms with van der Waals surface area (Å²) in [5, 5.41) is 9.62. The molecule has 57 valence electrons. The number of benzene rings is 1. The minimum Gasteiger partial charge on any atom is -0.361 e. The van der Waals surface area contributed by atoms with Gasteiger partial charge in [-0.1, -0.05) is 6.07 Å². The molecule has 2 aromatic rings. The summed E-state index contributed by atoms with van der Waals surface area (Å²) < 4.78 is 0. The van der Waals surface area contributed by atoms with E-state index in [-0.39, 0.29) is 0 Å². The molecule has 2 rings (SSSR count). The molecule has 0 saturated heterocycles. The minimum atomic E-state index is 0.456. The quantitative estimate of drug-likeness (QED) is 0.672. The van der Waals surface area contributed by atoms with Gasteiger partial charge >= 0.3 is 0 Å². The molecule has 0 aliphatic rings. The summed E-state index contributed by atoms with van der Waals surface area (Å²) in [6.07, 6.45) is 2.33. The molecule has 0 amide bonds. The molecule has 1 aromatic heterocycles. The lowest BCUT2D eigenvalue weighted by molar-refractivity contribution is 1.28. The van der Waals surface area contributed by atoms with Gasteiger partial charge in [-0.3, -0.25) is 0 Å². The van der Waals surface area contributed by atoms with Crippen molar-refractivity contribution in [3.05, 3.63) is 36.0 Å². The van der Waals surface area contributed by atoms with Gasteiger partial charge in [0.2, 0.25) is 0 Å². The standard InChI is InChI=1S/C10H7N2/c11-6-5-8-7-12-10-4-2-1-3-9(8)10/h2-4,7,12H,5H2. The van der Waals surface area contributed by atoms with Crippen LogP contribution >= 0.6 is 0 Å². The zero-order valence-corrected chi connectivity index (χ0v) is 6.46. The molecule has 1 heterocycles. The van der Waals surface area contributed by atoms with Crippen LogP contribution in [-0.2, 0) is 6.42 Å². The molecular formula is C10H7N2. The van der Waals surface area contributed by atoms with Crippen LogP contribution in [0.2, 0.25) is 0 Å². The van der Waals surface area contributed by atoms with Crippen molar-refractivity contribution in [3.8, 4) is 6.07 Å². The second kappa shape index (κ2) is 2.71. The molecule has 0 unspecified atom stereocenters. The first kappa shape index (κ1) is 6.93. The molecule has 2 nitrogen and oxygen atoms in total. The van der Waals surface area contributed by atoms with Gasteiger partial charge in [-0.05, 0) is 23.8 Å². The summed E-state index contributed by atoms with van der Waals surface area (Å²) in [4.78, 5) is 3.10. The van der Waals surface area contributed by atoms with E-state index < -0.39 is 0 Å². The first-order valence-corrected chi connectivity index (χ1v) is 3.75. The number of nitrogens with zero attached hydrogens (tertiary/aromatic N) is 1. The molecule has 0 aliphatic heterocycles. The van der Waals surface area contributed by atoms with E-state index in [1.807, 2.05) is 24.4 Å². The van der Waals surface area contributed by atoms with Gasteiger partial charge < -0.3 is 4.98 Å². The average Bonchev–Trinajstić information content (AvgIpc) is 2.50. The van der Waals surface area contributed by atoms with Gasteiger partial charge in [0, 0.05) is 17.1 Å². The van der Waals surface area contributed by atoms with Crippen LogP contribution in [0.25, 0.3) is 10.9 Å². The summed E-state index contributed by atoms with van der Waals surface area (Å²) in [5.41, 5.74) is 2.11. The Morgan fingerprint density at radius 2 is 2.50 bits per heavy atom. The maximum absolute atomic E-state index is 8.52. The SMILES string of the molecule is N#CCc1c[nH]c2cc[c]cc12. The van der Waals surface area contributed by atoms with Crippen molar-refractivity contribution >= 4 is 10.9 Å². The van der Waals surface area contributed by atoms with Gasteiger partial charge in [0.1, 0.15) is 0 Å². The average molecular weight is 155 g/mol. The topological polar surface area (TPSA) is 39.6 Å². The van der Waals surface area contributed by atoms with Gasteiger partial charge in [0.15, 0.2) is 0 Å². The number of nitriles is 1. The summed E-state index contributed by atoms with van der Waals surface area (Å²) >= 11 is 0. The molecule has 1 radical (unpaired) electrons. The van der Waals surface area contributed by atoms with Crippen LogP contribution in [0, 0.1) is 17.4 Å². The number of aromatic nitrogens is 1. The van der Waals surface area contributed by atoms with Crippen molar-refractivity contribution in [1.82, 2.24) is 4.98 Å². The molecule has 0 fully saturated rings. The van der Waals surface area contributed by atoms with Gasteiger partial charge in [-0.25, -0.2) is 0 Å². The molecule has 0 saturated carbocycles. The highest BCUT2D eigenvalue weighted by atomic mass is 14.7. The third-order valence-corrected chi connectivity index (χ3v) is 1.88. The maximum atomic E-state index is 8.52. The minimum absolute atomic E-state index is 0.456. The number of aromatic amines is 1. The van der Waals surface area contributed by atoms with E-state index in [0.717, 1.165) is 16.5 Å². The van der Waals surface area contributed by atoms with Crippen LogP contribution in [0.4, 0.5) is 0 Å². The Labute approximate surface area is 70.4 Å². The Bertz CT molecular complexity index is 434. The Morgan fingerprint density at radius 1 is 1.58 bits per heavy atom. The smallest absolute Gasteiger partial charge is 0.0670 e. The van der Waals surface area contributed by atoms with Gasteiger partial charge in [-0.2, -0.15) is 5.26 Å². The zero-order valence-electron chi connectivity index (χ0n) is 6.46. The molecular weight excluding hydrogens is 148 g/mol. The highest BCUT2D eigenvalue weighted by Gasteiger charge is 2.00. The highest BCUT2D eigenvalue weighted by molar-refractivity contribution is 5.83. The van der Waals surface area contributed by atoms with Crippen LogP contribution in [0.1, 0.15) is 5.56 Å². The highest BCUT2D eigenvalue weighted by Crippen LogP contribution is 2.17. The Kier molecular flexibility index (Phi) is 1.56. The van der Waals surface area contributed by atoms with Gasteiger partial charge in [-0.15, -0.1) is 0 Å². The first-order chi connectivity index (χ1) is 5.92. The van der Waals surface area contributed by atoms with Crippen molar-refractivity contribution in [2.45, 2.75) is 6.42 Å². The number of nitrogens with one attached hydrogen (secondary N) is 1. The van der Waals surface area contributed by atoms with Crippen molar-refractivity contribution in [1.29, 1.82) is 5.26 Å². The number of rotatable bonds is 1. The first-order valence-electron chi connectivity index (χ1n) is 3.75. The Morgan fingerprint density at radius 3 is 3.33 bits per heavy atom. The fourth-order valence-corrected chi connectivity index (χ4v) is 1.30. The third-order valence-electron chi connectivity index (χ3n) is 1.88. The normalized spacial score (nSPS) is 9.92. The van der Waals surface area contributed by atoms with E-state index >= 15 is 0 Å². The monoisotopic (exact) mass is 155 g/mol. The Balaban J connectivity index is 2.64. The van der Waals surface area contributed by atoms with E-state index in [0.29, 0.717) is 6.42 Å². The van der Waals surface area contributed by atoms with Crippen molar-refractivity contribution in [2.24, 2.45) is 0 Å². The molecule has 12 heavy (non-hydrogen) atoms. The molecule has 0 aliphatic carbocycles. The number of H-pyrrole nitrogens is 1. The molecule has 0 spiro atoms. The van der Waals surface area contributed by atoms with Crippen LogP contribution < -0.4 is 0 Å². The number of hydrogen-bond acceptors (Lipinski definition) is 1. The summed E-state index contributed by atoms with van der Waals surface area (Å²) in [6.45, 7) is 0. The van der Waals surface area contributed by atoms with Crippen LogP contribution in [0.15, 0.2) is 24.4 Å². The lowest BCUT2D eigenvalue weighted by Gasteiger charge is -1.89. The van der Waals surface area contributed by atoms with Crippen molar-refractivity contribution in [3.63, 3.8) is 0 Å².